The SMILES string of the molecule is CCOc1ccc(CN2CCN(c3ncnc4sccc34)CC2)cc1. The van der Waals surface area contributed by atoms with E-state index in [0.717, 1.165) is 49.1 Å². The van der Waals surface area contributed by atoms with E-state index >= 15 is 0 Å². The molecule has 0 N–H and O–H groups in total. The Labute approximate surface area is 151 Å². The highest BCUT2D eigenvalue weighted by Gasteiger charge is 2.20. The predicted molar refractivity (Wildman–Crippen MR) is 103 cm³/mol. The van der Waals surface area contributed by atoms with E-state index in [0.29, 0.717) is 6.61 Å². The van der Waals surface area contributed by atoms with Gasteiger partial charge < -0.3 is 9.64 Å². The van der Waals surface area contributed by atoms with Crippen molar-refractivity contribution in [2.45, 2.75) is 13.5 Å². The van der Waals surface area contributed by atoms with Gasteiger partial charge in [-0.25, -0.2) is 9.97 Å². The zero-order valence-electron chi connectivity index (χ0n) is 14.4. The highest BCUT2D eigenvalue weighted by atomic mass is 32.1. The van der Waals surface area contributed by atoms with Crippen LogP contribution in [0, 0.1) is 0 Å². The fourth-order valence-electron chi connectivity index (χ4n) is 3.26. The lowest BCUT2D eigenvalue weighted by Gasteiger charge is -2.35. The lowest BCUT2D eigenvalue weighted by atomic mass is 10.2. The lowest BCUT2D eigenvalue weighted by Crippen LogP contribution is -2.46. The molecule has 130 valence electrons. The second kappa shape index (κ2) is 7.37. The maximum absolute atomic E-state index is 5.51. The summed E-state index contributed by atoms with van der Waals surface area (Å²) < 4.78 is 5.51. The maximum atomic E-state index is 5.51. The fourth-order valence-corrected chi connectivity index (χ4v) is 3.99. The minimum Gasteiger partial charge on any atom is -0.494 e. The Morgan fingerprint density at radius 1 is 1.04 bits per heavy atom. The van der Waals surface area contributed by atoms with Crippen LogP contribution < -0.4 is 9.64 Å². The molecule has 1 aliphatic heterocycles. The molecule has 0 radical (unpaired) electrons. The van der Waals surface area contributed by atoms with Crippen molar-refractivity contribution in [3.05, 3.63) is 47.6 Å². The van der Waals surface area contributed by atoms with Gasteiger partial charge in [-0.15, -0.1) is 11.3 Å². The molecule has 0 bridgehead atoms. The Hall–Kier alpha value is -2.18. The molecular formula is C19H22N4OS. The number of aromatic nitrogens is 2. The number of ether oxygens (including phenoxy) is 1. The molecule has 1 aromatic carbocycles. The van der Waals surface area contributed by atoms with Crippen molar-refractivity contribution in [3.63, 3.8) is 0 Å². The Morgan fingerprint density at radius 2 is 1.84 bits per heavy atom. The Balaban J connectivity index is 1.37. The van der Waals surface area contributed by atoms with Crippen molar-refractivity contribution >= 4 is 27.4 Å². The zero-order valence-corrected chi connectivity index (χ0v) is 15.2. The number of thiophene rings is 1. The van der Waals surface area contributed by atoms with Crippen LogP contribution in [0.4, 0.5) is 5.82 Å². The second-order valence-corrected chi connectivity index (χ2v) is 7.07. The van der Waals surface area contributed by atoms with Crippen molar-refractivity contribution in [3.8, 4) is 5.75 Å². The van der Waals surface area contributed by atoms with Crippen LogP contribution in [0.3, 0.4) is 0 Å². The molecule has 3 aromatic rings. The predicted octanol–water partition coefficient (Wildman–Crippen LogP) is 3.41. The van der Waals surface area contributed by atoms with Gasteiger partial charge >= 0.3 is 0 Å². The smallest absolute Gasteiger partial charge is 0.140 e. The molecule has 5 nitrogen and oxygen atoms in total. The van der Waals surface area contributed by atoms with Gasteiger partial charge in [0.15, 0.2) is 0 Å². The number of piperazine rings is 1. The summed E-state index contributed by atoms with van der Waals surface area (Å²) in [5.74, 6) is 2.02. The molecule has 3 heterocycles. The summed E-state index contributed by atoms with van der Waals surface area (Å²) in [5, 5.41) is 3.26. The molecule has 0 aliphatic carbocycles. The summed E-state index contributed by atoms with van der Waals surface area (Å²) in [4.78, 5) is 14.8. The van der Waals surface area contributed by atoms with Crippen LogP contribution >= 0.6 is 11.3 Å². The molecule has 0 atom stereocenters. The van der Waals surface area contributed by atoms with E-state index in [-0.39, 0.29) is 0 Å². The van der Waals surface area contributed by atoms with Gasteiger partial charge in [-0.3, -0.25) is 4.90 Å². The summed E-state index contributed by atoms with van der Waals surface area (Å²) in [6.45, 7) is 7.79. The molecule has 2 aromatic heterocycles. The molecule has 6 heteroatoms. The third-order valence-corrected chi connectivity index (χ3v) is 5.37. The minimum atomic E-state index is 0.710. The number of fused-ring (bicyclic) bond motifs is 1. The molecule has 0 saturated carbocycles. The first-order valence-corrected chi connectivity index (χ1v) is 9.58. The third-order valence-electron chi connectivity index (χ3n) is 4.55. The van der Waals surface area contributed by atoms with Gasteiger partial charge in [0.2, 0.25) is 0 Å². The average Bonchev–Trinajstić information content (AvgIpc) is 3.13. The first-order valence-electron chi connectivity index (χ1n) is 8.71. The molecule has 0 spiro atoms. The molecule has 25 heavy (non-hydrogen) atoms. The Morgan fingerprint density at radius 3 is 2.60 bits per heavy atom. The van der Waals surface area contributed by atoms with Gasteiger partial charge in [0.1, 0.15) is 22.7 Å². The van der Waals surface area contributed by atoms with E-state index < -0.39 is 0 Å². The van der Waals surface area contributed by atoms with E-state index in [4.69, 9.17) is 4.74 Å². The van der Waals surface area contributed by atoms with Gasteiger partial charge in [-0.1, -0.05) is 12.1 Å². The lowest BCUT2D eigenvalue weighted by molar-refractivity contribution is 0.249. The Bertz CT molecular complexity index is 825. The maximum Gasteiger partial charge on any atom is 0.140 e. The van der Waals surface area contributed by atoms with E-state index in [2.05, 4.69) is 55.5 Å². The van der Waals surface area contributed by atoms with Gasteiger partial charge in [0.05, 0.1) is 12.0 Å². The second-order valence-electron chi connectivity index (χ2n) is 6.18. The van der Waals surface area contributed by atoms with Crippen LogP contribution in [0.25, 0.3) is 10.2 Å². The number of benzene rings is 1. The zero-order chi connectivity index (χ0) is 17.1. The van der Waals surface area contributed by atoms with Crippen molar-refractivity contribution in [2.75, 3.05) is 37.7 Å². The standard InChI is InChI=1S/C19H22N4OS/c1-2-24-16-5-3-15(4-6-16)13-22-8-10-23(11-9-22)18-17-7-12-25-19(17)21-14-20-18/h3-7,12,14H,2,8-11,13H2,1H3. The van der Waals surface area contributed by atoms with Gasteiger partial charge in [0, 0.05) is 32.7 Å². The highest BCUT2D eigenvalue weighted by Crippen LogP contribution is 2.27. The van der Waals surface area contributed by atoms with E-state index in [1.165, 1.54) is 10.9 Å². The number of hydrogen-bond donors (Lipinski definition) is 0. The quantitative estimate of drug-likeness (QED) is 0.702. The molecule has 1 fully saturated rings. The van der Waals surface area contributed by atoms with Crippen molar-refractivity contribution in [1.29, 1.82) is 0 Å². The largest absolute Gasteiger partial charge is 0.494 e. The molecule has 0 unspecified atom stereocenters. The van der Waals surface area contributed by atoms with E-state index in [1.807, 2.05) is 6.92 Å². The number of rotatable bonds is 5. The van der Waals surface area contributed by atoms with Crippen molar-refractivity contribution in [2.24, 2.45) is 0 Å². The summed E-state index contributed by atoms with van der Waals surface area (Å²) in [5.41, 5.74) is 1.33. The summed E-state index contributed by atoms with van der Waals surface area (Å²) in [6.07, 6.45) is 1.68. The van der Waals surface area contributed by atoms with Crippen LogP contribution in [0.15, 0.2) is 42.0 Å². The highest BCUT2D eigenvalue weighted by molar-refractivity contribution is 7.16. The summed E-state index contributed by atoms with van der Waals surface area (Å²) in [6, 6.07) is 10.6. The normalized spacial score (nSPS) is 15.6. The average molecular weight is 354 g/mol. The van der Waals surface area contributed by atoms with E-state index in [9.17, 15) is 0 Å². The first kappa shape index (κ1) is 16.3. The molecule has 0 amide bonds. The molecule has 1 saturated heterocycles. The van der Waals surface area contributed by atoms with Crippen molar-refractivity contribution < 1.29 is 4.74 Å². The molecule has 1 aliphatic rings. The molecule has 4 rings (SSSR count). The fraction of sp³-hybridized carbons (Fsp3) is 0.368. The first-order chi connectivity index (χ1) is 12.3. The number of hydrogen-bond acceptors (Lipinski definition) is 6. The molecular weight excluding hydrogens is 332 g/mol. The van der Waals surface area contributed by atoms with Crippen LogP contribution in [-0.4, -0.2) is 47.7 Å². The van der Waals surface area contributed by atoms with E-state index in [1.54, 1.807) is 17.7 Å². The number of nitrogens with zero attached hydrogens (tertiary/aromatic N) is 4. The van der Waals surface area contributed by atoms with Crippen LogP contribution in [0.1, 0.15) is 12.5 Å². The monoisotopic (exact) mass is 354 g/mol. The Kier molecular flexibility index (Phi) is 4.81. The van der Waals surface area contributed by atoms with Crippen LogP contribution in [-0.2, 0) is 6.54 Å². The van der Waals surface area contributed by atoms with Gasteiger partial charge in [0.25, 0.3) is 0 Å². The van der Waals surface area contributed by atoms with Crippen molar-refractivity contribution in [1.82, 2.24) is 14.9 Å². The minimum absolute atomic E-state index is 0.710. The number of anilines is 1. The van der Waals surface area contributed by atoms with Gasteiger partial charge in [-0.05, 0) is 36.1 Å². The topological polar surface area (TPSA) is 41.5 Å². The summed E-state index contributed by atoms with van der Waals surface area (Å²) >= 11 is 1.67. The van der Waals surface area contributed by atoms with Crippen LogP contribution in [0.2, 0.25) is 0 Å². The third kappa shape index (κ3) is 3.60. The van der Waals surface area contributed by atoms with Gasteiger partial charge in [-0.2, -0.15) is 0 Å². The summed E-state index contributed by atoms with van der Waals surface area (Å²) in [7, 11) is 0. The van der Waals surface area contributed by atoms with Crippen LogP contribution in [0.5, 0.6) is 5.75 Å².